The Balaban J connectivity index is 1.66. The molecular weight excluding hydrogens is 328 g/mol. The molecule has 144 valence electrons. The van der Waals surface area contributed by atoms with Crippen LogP contribution in [0.25, 0.3) is 0 Å². The van der Waals surface area contributed by atoms with Crippen molar-refractivity contribution in [2.24, 2.45) is 5.41 Å². The summed E-state index contributed by atoms with van der Waals surface area (Å²) in [5.41, 5.74) is 1.09. The van der Waals surface area contributed by atoms with Crippen molar-refractivity contribution in [3.8, 4) is 0 Å². The highest BCUT2D eigenvalue weighted by Gasteiger charge is 2.38. The summed E-state index contributed by atoms with van der Waals surface area (Å²) in [5, 5.41) is 13.0. The van der Waals surface area contributed by atoms with Crippen LogP contribution in [0.4, 0.5) is 4.79 Å². The van der Waals surface area contributed by atoms with Gasteiger partial charge in [-0.15, -0.1) is 0 Å². The number of urea groups is 1. The lowest BCUT2D eigenvalue weighted by Crippen LogP contribution is -2.53. The van der Waals surface area contributed by atoms with Crippen LogP contribution in [-0.4, -0.2) is 55.5 Å². The van der Waals surface area contributed by atoms with Crippen LogP contribution >= 0.6 is 0 Å². The number of amides is 2. The lowest BCUT2D eigenvalue weighted by atomic mass is 9.74. The second-order valence-electron chi connectivity index (χ2n) is 7.95. The van der Waals surface area contributed by atoms with Crippen molar-refractivity contribution in [3.63, 3.8) is 0 Å². The summed E-state index contributed by atoms with van der Waals surface area (Å²) in [7, 11) is 0. The van der Waals surface area contributed by atoms with Gasteiger partial charge >= 0.3 is 6.03 Å². The minimum atomic E-state index is -0.134. The van der Waals surface area contributed by atoms with Crippen LogP contribution in [0.15, 0.2) is 30.3 Å². The van der Waals surface area contributed by atoms with E-state index in [1.807, 2.05) is 11.0 Å². The molecule has 5 nitrogen and oxygen atoms in total. The van der Waals surface area contributed by atoms with E-state index in [4.69, 9.17) is 4.74 Å². The maximum absolute atomic E-state index is 12.8. The van der Waals surface area contributed by atoms with Gasteiger partial charge in [-0.1, -0.05) is 37.3 Å². The second kappa shape index (κ2) is 8.40. The monoisotopic (exact) mass is 360 g/mol. The lowest BCUT2D eigenvalue weighted by molar-refractivity contribution is 0.0391. The third-order valence-corrected chi connectivity index (χ3v) is 6.45. The molecule has 2 amide bonds. The van der Waals surface area contributed by atoms with E-state index in [1.165, 1.54) is 5.56 Å². The summed E-state index contributed by atoms with van der Waals surface area (Å²) in [6.45, 7) is 5.77. The Hall–Kier alpha value is -1.59. The number of hydrogen-bond acceptors (Lipinski definition) is 3. The number of aliphatic hydroxyl groups excluding tert-OH is 1. The molecule has 2 aliphatic rings. The number of benzene rings is 1. The van der Waals surface area contributed by atoms with E-state index in [0.717, 1.165) is 51.9 Å². The molecule has 0 bridgehead atoms. The van der Waals surface area contributed by atoms with Crippen molar-refractivity contribution in [1.29, 1.82) is 0 Å². The van der Waals surface area contributed by atoms with Gasteiger partial charge in [0, 0.05) is 43.7 Å². The average Bonchev–Trinajstić information content (AvgIpc) is 2.73. The molecule has 0 aliphatic carbocycles. The number of nitrogens with one attached hydrogen (secondary N) is 1. The van der Waals surface area contributed by atoms with Gasteiger partial charge in [0.25, 0.3) is 0 Å². The molecule has 2 N–H and O–H groups in total. The Bertz CT molecular complexity index is 580. The molecule has 1 aromatic rings. The van der Waals surface area contributed by atoms with Gasteiger partial charge in [0.1, 0.15) is 0 Å². The normalized spacial score (nSPS) is 25.7. The molecule has 1 aromatic carbocycles. The summed E-state index contributed by atoms with van der Waals surface area (Å²) >= 11 is 0. The molecule has 2 heterocycles. The second-order valence-corrected chi connectivity index (χ2v) is 7.95. The van der Waals surface area contributed by atoms with Crippen LogP contribution < -0.4 is 5.32 Å². The number of ether oxygens (including phenoxy) is 1. The quantitative estimate of drug-likeness (QED) is 0.849. The van der Waals surface area contributed by atoms with Crippen LogP contribution in [-0.2, 0) is 10.2 Å². The molecule has 0 spiro atoms. The summed E-state index contributed by atoms with van der Waals surface area (Å²) in [4.78, 5) is 14.7. The Morgan fingerprint density at radius 1 is 1.23 bits per heavy atom. The zero-order valence-electron chi connectivity index (χ0n) is 15.9. The van der Waals surface area contributed by atoms with Gasteiger partial charge in [0.05, 0.1) is 6.61 Å². The summed E-state index contributed by atoms with van der Waals surface area (Å²) < 4.78 is 5.57. The predicted octanol–water partition coefficient (Wildman–Crippen LogP) is 2.93. The first-order valence-electron chi connectivity index (χ1n) is 9.90. The molecule has 2 fully saturated rings. The Kier molecular flexibility index (Phi) is 6.20. The molecule has 0 radical (unpaired) electrons. The first-order valence-corrected chi connectivity index (χ1v) is 9.90. The highest BCUT2D eigenvalue weighted by atomic mass is 16.5. The molecule has 5 heteroatoms. The Morgan fingerprint density at radius 3 is 2.62 bits per heavy atom. The van der Waals surface area contributed by atoms with E-state index in [1.54, 1.807) is 0 Å². The Morgan fingerprint density at radius 2 is 1.96 bits per heavy atom. The first-order chi connectivity index (χ1) is 12.6. The largest absolute Gasteiger partial charge is 0.396 e. The number of hydrogen-bond donors (Lipinski definition) is 2. The van der Waals surface area contributed by atoms with Crippen molar-refractivity contribution in [3.05, 3.63) is 35.9 Å². The first kappa shape index (κ1) is 19.2. The van der Waals surface area contributed by atoms with Crippen molar-refractivity contribution in [2.75, 3.05) is 39.5 Å². The van der Waals surface area contributed by atoms with E-state index in [-0.39, 0.29) is 23.5 Å². The molecule has 1 atom stereocenters. The summed E-state index contributed by atoms with van der Waals surface area (Å²) in [5.74, 6) is 0. The SMILES string of the molecule is CCC1(CO)CCCN(C(=O)NCC2(c3ccccc3)CCOCC2)C1. The number of carbonyl (C=O) groups excluding carboxylic acids is 1. The summed E-state index contributed by atoms with van der Waals surface area (Å²) in [6.07, 6.45) is 4.70. The van der Waals surface area contributed by atoms with E-state index in [0.29, 0.717) is 13.1 Å². The van der Waals surface area contributed by atoms with Gasteiger partial charge in [-0.2, -0.15) is 0 Å². The standard InChI is InChI=1S/C21H32N2O3/c1-2-20(17-24)9-6-12-23(16-20)19(25)22-15-21(10-13-26-14-11-21)18-7-4-3-5-8-18/h3-5,7-8,24H,2,6,9-17H2,1H3,(H,22,25). The third-order valence-electron chi connectivity index (χ3n) is 6.45. The number of carbonyl (C=O) groups is 1. The fourth-order valence-electron chi connectivity index (χ4n) is 4.39. The molecule has 26 heavy (non-hydrogen) atoms. The zero-order chi connectivity index (χ0) is 18.5. The van der Waals surface area contributed by atoms with E-state index in [9.17, 15) is 9.90 Å². The zero-order valence-corrected chi connectivity index (χ0v) is 15.9. The fraction of sp³-hybridized carbons (Fsp3) is 0.667. The highest BCUT2D eigenvalue weighted by Crippen LogP contribution is 2.35. The number of rotatable bonds is 5. The van der Waals surface area contributed by atoms with Crippen molar-refractivity contribution in [2.45, 2.75) is 44.4 Å². The number of piperidine rings is 1. The van der Waals surface area contributed by atoms with Gasteiger partial charge in [-0.25, -0.2) is 4.79 Å². The molecule has 3 rings (SSSR count). The molecule has 1 unspecified atom stereocenters. The fourth-order valence-corrected chi connectivity index (χ4v) is 4.39. The molecule has 0 aromatic heterocycles. The van der Waals surface area contributed by atoms with E-state index < -0.39 is 0 Å². The van der Waals surface area contributed by atoms with E-state index >= 15 is 0 Å². The number of likely N-dealkylation sites (tertiary alicyclic amines) is 1. The van der Waals surface area contributed by atoms with Gasteiger partial charge in [0.2, 0.25) is 0 Å². The van der Waals surface area contributed by atoms with Crippen LogP contribution in [0.5, 0.6) is 0 Å². The van der Waals surface area contributed by atoms with Gasteiger partial charge in [0.15, 0.2) is 0 Å². The van der Waals surface area contributed by atoms with Crippen LogP contribution in [0, 0.1) is 5.41 Å². The van der Waals surface area contributed by atoms with E-state index in [2.05, 4.69) is 36.5 Å². The summed E-state index contributed by atoms with van der Waals surface area (Å²) in [6, 6.07) is 10.5. The van der Waals surface area contributed by atoms with Crippen LogP contribution in [0.3, 0.4) is 0 Å². The lowest BCUT2D eigenvalue weighted by Gasteiger charge is -2.42. The Labute approximate surface area is 156 Å². The van der Waals surface area contributed by atoms with Crippen LogP contribution in [0.1, 0.15) is 44.6 Å². The average molecular weight is 360 g/mol. The molecule has 2 saturated heterocycles. The van der Waals surface area contributed by atoms with Gasteiger partial charge in [-0.3, -0.25) is 0 Å². The maximum Gasteiger partial charge on any atom is 0.317 e. The minimum Gasteiger partial charge on any atom is -0.396 e. The van der Waals surface area contributed by atoms with Crippen molar-refractivity contribution in [1.82, 2.24) is 10.2 Å². The van der Waals surface area contributed by atoms with Crippen molar-refractivity contribution >= 4 is 6.03 Å². The third kappa shape index (κ3) is 4.04. The van der Waals surface area contributed by atoms with Crippen LogP contribution in [0.2, 0.25) is 0 Å². The maximum atomic E-state index is 12.8. The highest BCUT2D eigenvalue weighted by molar-refractivity contribution is 5.74. The predicted molar refractivity (Wildman–Crippen MR) is 102 cm³/mol. The molecule has 2 aliphatic heterocycles. The van der Waals surface area contributed by atoms with Crippen molar-refractivity contribution < 1.29 is 14.6 Å². The molecular formula is C21H32N2O3. The molecule has 0 saturated carbocycles. The topological polar surface area (TPSA) is 61.8 Å². The number of nitrogens with zero attached hydrogens (tertiary/aromatic N) is 1. The smallest absolute Gasteiger partial charge is 0.317 e. The van der Waals surface area contributed by atoms with Gasteiger partial charge in [-0.05, 0) is 37.7 Å². The number of aliphatic hydroxyl groups is 1. The van der Waals surface area contributed by atoms with Gasteiger partial charge < -0.3 is 20.1 Å². The minimum absolute atomic E-state index is 0.00206.